The highest BCUT2D eigenvalue weighted by molar-refractivity contribution is 6.24. The normalized spacial score (nSPS) is 11.7. The van der Waals surface area contributed by atoms with Gasteiger partial charge in [0, 0.05) is 22.1 Å². The van der Waals surface area contributed by atoms with Crippen molar-refractivity contribution in [1.29, 1.82) is 0 Å². The van der Waals surface area contributed by atoms with E-state index >= 15 is 0 Å². The Hall–Kier alpha value is -9.24. The van der Waals surface area contributed by atoms with Crippen molar-refractivity contribution in [3.8, 4) is 44.5 Å². The van der Waals surface area contributed by atoms with Crippen LogP contribution in [0.25, 0.3) is 120 Å². The molecule has 0 bridgehead atoms. The first-order chi connectivity index (χ1) is 34.8. The Labute approximate surface area is 405 Å². The van der Waals surface area contributed by atoms with Gasteiger partial charge in [0.15, 0.2) is 0 Å². The van der Waals surface area contributed by atoms with Crippen LogP contribution in [0.1, 0.15) is 0 Å². The van der Waals surface area contributed by atoms with Crippen LogP contribution < -0.4 is 4.90 Å². The zero-order valence-electron chi connectivity index (χ0n) is 38.2. The molecule has 2 nitrogen and oxygen atoms in total. The van der Waals surface area contributed by atoms with Gasteiger partial charge in [0.25, 0.3) is 0 Å². The number of rotatable bonds is 7. The summed E-state index contributed by atoms with van der Waals surface area (Å²) in [5, 5.41) is 14.4. The highest BCUT2D eigenvalue weighted by Gasteiger charge is 2.24. The van der Waals surface area contributed by atoms with E-state index < -0.39 is 0 Å². The minimum atomic E-state index is 0.854. The topological polar surface area (TPSA) is 16.4 Å². The summed E-state index contributed by atoms with van der Waals surface area (Å²) in [5.74, 6) is 0. The van der Waals surface area contributed by atoms with Gasteiger partial charge in [-0.1, -0.05) is 218 Å². The number of hydrogen-bond acceptors (Lipinski definition) is 2. The molecule has 326 valence electrons. The van der Waals surface area contributed by atoms with Gasteiger partial charge in [-0.15, -0.1) is 0 Å². The first-order valence-corrected chi connectivity index (χ1v) is 24.1. The predicted molar refractivity (Wildman–Crippen MR) is 298 cm³/mol. The Bertz CT molecular complexity index is 4120. The van der Waals surface area contributed by atoms with Gasteiger partial charge in [-0.25, -0.2) is 0 Å². The maximum absolute atomic E-state index is 6.82. The molecule has 1 aromatic heterocycles. The van der Waals surface area contributed by atoms with E-state index in [-0.39, 0.29) is 0 Å². The fourth-order valence-corrected chi connectivity index (χ4v) is 11.4. The lowest BCUT2D eigenvalue weighted by Gasteiger charge is -2.27. The van der Waals surface area contributed by atoms with Crippen LogP contribution in [0, 0.1) is 0 Å². The van der Waals surface area contributed by atoms with Crippen molar-refractivity contribution in [3.05, 3.63) is 261 Å². The zero-order chi connectivity index (χ0) is 46.1. The van der Waals surface area contributed by atoms with Crippen LogP contribution in [-0.2, 0) is 0 Å². The standard InChI is InChI=1S/C68H43NO/c1-3-19-45(20-4-1)63-56-28-13-9-24-52(56)54-26-11-15-30-58(54)65(63)47-34-39-49(40-35-47)69(61-32-17-33-62-67(61)60-43-38-44-18-7-8-23-51(44)68(60)70-62)50-41-36-48(37-42-50)66-59-31-16-12-27-55(59)53-25-10-14-29-57(53)64(66)46-21-5-2-6-22-46/h1-43H. The van der Waals surface area contributed by atoms with Crippen LogP contribution in [0.4, 0.5) is 17.1 Å². The second kappa shape index (κ2) is 16.2. The molecule has 0 spiro atoms. The molecule has 14 aromatic rings. The lowest BCUT2D eigenvalue weighted by molar-refractivity contribution is 0.672. The monoisotopic (exact) mass is 889 g/mol. The molecule has 0 aliphatic heterocycles. The molecule has 0 unspecified atom stereocenters. The molecular weight excluding hydrogens is 847 g/mol. The number of nitrogens with zero attached hydrogens (tertiary/aromatic N) is 1. The fraction of sp³-hybridized carbons (Fsp3) is 0. The minimum Gasteiger partial charge on any atom is -0.455 e. The maximum atomic E-state index is 6.82. The first kappa shape index (κ1) is 39.9. The van der Waals surface area contributed by atoms with Gasteiger partial charge in [0.2, 0.25) is 0 Å². The van der Waals surface area contributed by atoms with Crippen molar-refractivity contribution in [1.82, 2.24) is 0 Å². The molecule has 0 aliphatic rings. The molecule has 13 aromatic carbocycles. The van der Waals surface area contributed by atoms with Gasteiger partial charge in [-0.05, 0) is 135 Å². The van der Waals surface area contributed by atoms with E-state index in [1.165, 1.54) is 76.5 Å². The molecule has 14 rings (SSSR count). The highest BCUT2D eigenvalue weighted by Crippen LogP contribution is 2.49. The first-order valence-electron chi connectivity index (χ1n) is 24.1. The minimum absolute atomic E-state index is 0.854. The second-order valence-electron chi connectivity index (χ2n) is 18.3. The van der Waals surface area contributed by atoms with Gasteiger partial charge in [0.05, 0.1) is 11.1 Å². The number of hydrogen-bond donors (Lipinski definition) is 0. The SMILES string of the molecule is c1ccc(-c2c(-c3ccc(N(c4ccc(-c5c(-c6ccccc6)c6ccccc6c6ccccc56)cc4)c4cccc5oc6c7ccccc7ccc6c45)cc3)c3ccccc3c3ccccc23)cc1. The summed E-state index contributed by atoms with van der Waals surface area (Å²) in [6, 6.07) is 95.0. The lowest BCUT2D eigenvalue weighted by Crippen LogP contribution is -2.10. The average Bonchev–Trinajstić information content (AvgIpc) is 3.84. The molecule has 0 N–H and O–H groups in total. The maximum Gasteiger partial charge on any atom is 0.143 e. The summed E-state index contributed by atoms with van der Waals surface area (Å²) in [7, 11) is 0. The molecule has 2 heteroatoms. The lowest BCUT2D eigenvalue weighted by atomic mass is 9.85. The van der Waals surface area contributed by atoms with Crippen LogP contribution in [0.5, 0.6) is 0 Å². The van der Waals surface area contributed by atoms with E-state index in [4.69, 9.17) is 4.42 Å². The van der Waals surface area contributed by atoms with Crippen molar-refractivity contribution < 1.29 is 4.42 Å². The molecule has 1 heterocycles. The third-order valence-electron chi connectivity index (χ3n) is 14.4. The molecule has 0 amide bonds. The summed E-state index contributed by atoms with van der Waals surface area (Å²) in [4.78, 5) is 2.41. The van der Waals surface area contributed by atoms with Crippen LogP contribution in [-0.4, -0.2) is 0 Å². The summed E-state index contributed by atoms with van der Waals surface area (Å²) >= 11 is 0. The van der Waals surface area contributed by atoms with Gasteiger partial charge < -0.3 is 9.32 Å². The smallest absolute Gasteiger partial charge is 0.143 e. The highest BCUT2D eigenvalue weighted by atomic mass is 16.3. The number of benzene rings is 13. The number of furan rings is 1. The van der Waals surface area contributed by atoms with E-state index in [9.17, 15) is 0 Å². The third-order valence-corrected chi connectivity index (χ3v) is 14.4. The number of fused-ring (bicyclic) bond motifs is 11. The Kier molecular flexibility index (Phi) is 9.25. The third kappa shape index (κ3) is 6.27. The van der Waals surface area contributed by atoms with Gasteiger partial charge >= 0.3 is 0 Å². The van der Waals surface area contributed by atoms with E-state index in [0.717, 1.165) is 60.9 Å². The Morgan fingerprint density at radius 1 is 0.243 bits per heavy atom. The molecule has 0 fully saturated rings. The molecule has 0 saturated heterocycles. The number of anilines is 3. The predicted octanol–water partition coefficient (Wildman–Crippen LogP) is 19.5. The summed E-state index contributed by atoms with van der Waals surface area (Å²) in [6.07, 6.45) is 0. The molecule has 70 heavy (non-hydrogen) atoms. The molecule has 0 radical (unpaired) electrons. The average molecular weight is 890 g/mol. The Morgan fingerprint density at radius 3 is 1.06 bits per heavy atom. The molecule has 0 aliphatic carbocycles. The summed E-state index contributed by atoms with van der Waals surface area (Å²) in [6.45, 7) is 0. The second-order valence-corrected chi connectivity index (χ2v) is 18.3. The molecule has 0 saturated carbocycles. The van der Waals surface area contributed by atoms with Crippen molar-refractivity contribution in [2.75, 3.05) is 4.90 Å². The van der Waals surface area contributed by atoms with E-state index in [2.05, 4.69) is 266 Å². The summed E-state index contributed by atoms with van der Waals surface area (Å²) < 4.78 is 6.82. The van der Waals surface area contributed by atoms with Crippen molar-refractivity contribution in [2.45, 2.75) is 0 Å². The van der Waals surface area contributed by atoms with Crippen molar-refractivity contribution in [3.63, 3.8) is 0 Å². The zero-order valence-corrected chi connectivity index (χ0v) is 38.2. The quantitative estimate of drug-likeness (QED) is 0.148. The van der Waals surface area contributed by atoms with Crippen LogP contribution >= 0.6 is 0 Å². The molecular formula is C68H43NO. The van der Waals surface area contributed by atoms with Crippen molar-refractivity contribution in [2.24, 2.45) is 0 Å². The molecule has 0 atom stereocenters. The van der Waals surface area contributed by atoms with Crippen LogP contribution in [0.3, 0.4) is 0 Å². The van der Waals surface area contributed by atoms with E-state index in [0.29, 0.717) is 0 Å². The van der Waals surface area contributed by atoms with Gasteiger partial charge in [-0.3, -0.25) is 0 Å². The van der Waals surface area contributed by atoms with E-state index in [1.807, 2.05) is 0 Å². The Morgan fingerprint density at radius 2 is 0.614 bits per heavy atom. The fourth-order valence-electron chi connectivity index (χ4n) is 11.4. The largest absolute Gasteiger partial charge is 0.455 e. The Balaban J connectivity index is 0.994. The van der Waals surface area contributed by atoms with Crippen LogP contribution in [0.2, 0.25) is 0 Å². The van der Waals surface area contributed by atoms with E-state index in [1.54, 1.807) is 0 Å². The van der Waals surface area contributed by atoms with Crippen molar-refractivity contribution >= 4 is 92.9 Å². The van der Waals surface area contributed by atoms with Gasteiger partial charge in [-0.2, -0.15) is 0 Å². The van der Waals surface area contributed by atoms with Crippen LogP contribution in [0.15, 0.2) is 265 Å². The van der Waals surface area contributed by atoms with Gasteiger partial charge in [0.1, 0.15) is 11.2 Å². The summed E-state index contributed by atoms with van der Waals surface area (Å²) in [5.41, 5.74) is 14.6.